The Balaban J connectivity index is 2.30. The smallest absolute Gasteiger partial charge is 0.422 e. The molecular formula is C10H8F3N3O. The van der Waals surface area contributed by atoms with Gasteiger partial charge in [-0.05, 0) is 6.07 Å². The van der Waals surface area contributed by atoms with E-state index in [1.807, 2.05) is 0 Å². The van der Waals surface area contributed by atoms with Gasteiger partial charge in [-0.2, -0.15) is 13.2 Å². The van der Waals surface area contributed by atoms with E-state index in [0.29, 0.717) is 5.56 Å². The predicted molar refractivity (Wildman–Crippen MR) is 55.5 cm³/mol. The molecule has 0 saturated carbocycles. The average molecular weight is 243 g/mol. The van der Waals surface area contributed by atoms with Crippen molar-refractivity contribution in [2.45, 2.75) is 6.18 Å². The van der Waals surface area contributed by atoms with Crippen LogP contribution in [0.25, 0.3) is 0 Å². The molecule has 4 nitrogen and oxygen atoms in total. The van der Waals surface area contributed by atoms with Crippen molar-refractivity contribution in [2.75, 3.05) is 6.61 Å². The zero-order valence-electron chi connectivity index (χ0n) is 8.51. The lowest BCUT2D eigenvalue weighted by Crippen LogP contribution is -2.20. The van der Waals surface area contributed by atoms with Crippen molar-refractivity contribution in [3.8, 4) is 5.75 Å². The molecule has 1 aliphatic heterocycles. The summed E-state index contributed by atoms with van der Waals surface area (Å²) in [4.78, 5) is 3.68. The maximum absolute atomic E-state index is 12.0. The lowest BCUT2D eigenvalue weighted by atomic mass is 10.1. The van der Waals surface area contributed by atoms with Crippen molar-refractivity contribution >= 4 is 11.7 Å². The van der Waals surface area contributed by atoms with E-state index in [-0.39, 0.29) is 23.0 Å². The number of amidine groups is 2. The number of aliphatic imine (C=N–C) groups is 1. The van der Waals surface area contributed by atoms with Gasteiger partial charge < -0.3 is 10.5 Å². The summed E-state index contributed by atoms with van der Waals surface area (Å²) in [7, 11) is 0. The highest BCUT2D eigenvalue weighted by molar-refractivity contribution is 6.22. The van der Waals surface area contributed by atoms with Crippen molar-refractivity contribution in [2.24, 2.45) is 10.7 Å². The van der Waals surface area contributed by atoms with Crippen LogP contribution in [0.1, 0.15) is 11.1 Å². The zero-order chi connectivity index (χ0) is 12.6. The molecule has 0 bridgehead atoms. The fraction of sp³-hybridized carbons (Fsp3) is 0.200. The van der Waals surface area contributed by atoms with Crippen molar-refractivity contribution in [1.82, 2.24) is 0 Å². The maximum Gasteiger partial charge on any atom is 0.422 e. The van der Waals surface area contributed by atoms with Gasteiger partial charge in [0.25, 0.3) is 0 Å². The summed E-state index contributed by atoms with van der Waals surface area (Å²) in [6.07, 6.45) is -4.42. The van der Waals surface area contributed by atoms with Gasteiger partial charge in [0.2, 0.25) is 0 Å². The molecule has 17 heavy (non-hydrogen) atoms. The Kier molecular flexibility index (Phi) is 2.53. The molecular weight excluding hydrogens is 235 g/mol. The summed E-state index contributed by atoms with van der Waals surface area (Å²) in [5, 5.41) is 7.51. The van der Waals surface area contributed by atoms with Crippen molar-refractivity contribution < 1.29 is 17.9 Å². The molecule has 1 aromatic rings. The minimum atomic E-state index is -4.42. The Hall–Kier alpha value is -2.05. The van der Waals surface area contributed by atoms with Crippen molar-refractivity contribution in [1.29, 1.82) is 5.41 Å². The Morgan fingerprint density at radius 3 is 2.71 bits per heavy atom. The Labute approximate surface area is 94.4 Å². The van der Waals surface area contributed by atoms with E-state index < -0.39 is 12.8 Å². The first kappa shape index (κ1) is 11.4. The van der Waals surface area contributed by atoms with Crippen LogP contribution >= 0.6 is 0 Å². The number of hydrogen-bond donors (Lipinski definition) is 2. The maximum atomic E-state index is 12.0. The van der Waals surface area contributed by atoms with Gasteiger partial charge in [0, 0.05) is 5.56 Å². The molecule has 0 radical (unpaired) electrons. The number of nitrogens with two attached hydrogens (primary N) is 1. The molecule has 0 aliphatic carbocycles. The van der Waals surface area contributed by atoms with Crippen LogP contribution in [0.2, 0.25) is 0 Å². The standard InChI is InChI=1S/C10H8F3N3O/c11-10(12,13)4-17-6-3-1-2-5-7(6)9(15)16-8(5)14/h1-3H,4H2,(H3,14,15,16). The molecule has 1 aliphatic rings. The van der Waals surface area contributed by atoms with Crippen LogP contribution in [0.4, 0.5) is 13.2 Å². The number of nitrogens with zero attached hydrogens (tertiary/aromatic N) is 1. The lowest BCUT2D eigenvalue weighted by Gasteiger charge is -2.12. The molecule has 3 N–H and O–H groups in total. The second kappa shape index (κ2) is 3.76. The van der Waals surface area contributed by atoms with Crippen LogP contribution in [0, 0.1) is 5.41 Å². The third-order valence-electron chi connectivity index (χ3n) is 2.16. The molecule has 90 valence electrons. The highest BCUT2D eigenvalue weighted by atomic mass is 19.4. The minimum Gasteiger partial charge on any atom is -0.483 e. The van der Waals surface area contributed by atoms with Crippen LogP contribution in [-0.2, 0) is 0 Å². The summed E-state index contributed by atoms with van der Waals surface area (Å²) >= 11 is 0. The van der Waals surface area contributed by atoms with Gasteiger partial charge in [-0.15, -0.1) is 0 Å². The molecule has 0 aromatic heterocycles. The van der Waals surface area contributed by atoms with Crippen molar-refractivity contribution in [3.05, 3.63) is 29.3 Å². The molecule has 0 saturated heterocycles. The van der Waals surface area contributed by atoms with E-state index in [0.717, 1.165) is 0 Å². The average Bonchev–Trinajstić information content (AvgIpc) is 2.52. The zero-order valence-corrected chi connectivity index (χ0v) is 8.51. The van der Waals surface area contributed by atoms with Gasteiger partial charge in [-0.1, -0.05) is 12.1 Å². The summed E-state index contributed by atoms with van der Waals surface area (Å²) in [5.74, 6) is -0.105. The first-order valence-corrected chi connectivity index (χ1v) is 4.64. The number of hydrogen-bond acceptors (Lipinski definition) is 3. The second-order valence-electron chi connectivity index (χ2n) is 3.43. The van der Waals surface area contributed by atoms with Gasteiger partial charge in [0.15, 0.2) is 12.4 Å². The van der Waals surface area contributed by atoms with Crippen LogP contribution < -0.4 is 10.5 Å². The topological polar surface area (TPSA) is 71.5 Å². The first-order valence-electron chi connectivity index (χ1n) is 4.64. The van der Waals surface area contributed by atoms with E-state index in [9.17, 15) is 13.2 Å². The lowest BCUT2D eigenvalue weighted by molar-refractivity contribution is -0.153. The van der Waals surface area contributed by atoms with E-state index in [1.165, 1.54) is 12.1 Å². The quantitative estimate of drug-likeness (QED) is 0.829. The van der Waals surface area contributed by atoms with Gasteiger partial charge >= 0.3 is 6.18 Å². The first-order chi connectivity index (χ1) is 7.88. The highest BCUT2D eigenvalue weighted by Gasteiger charge is 2.30. The molecule has 0 amide bonds. The van der Waals surface area contributed by atoms with Crippen LogP contribution in [0.3, 0.4) is 0 Å². The number of halogens is 3. The minimum absolute atomic E-state index is 0.0333. The highest BCUT2D eigenvalue weighted by Crippen LogP contribution is 2.28. The van der Waals surface area contributed by atoms with Gasteiger partial charge in [-0.25, -0.2) is 4.99 Å². The third kappa shape index (κ3) is 2.22. The molecule has 0 spiro atoms. The van der Waals surface area contributed by atoms with Crippen LogP contribution in [0.5, 0.6) is 5.75 Å². The second-order valence-corrected chi connectivity index (χ2v) is 3.43. The van der Waals surface area contributed by atoms with Gasteiger partial charge in [0.1, 0.15) is 11.6 Å². The molecule has 0 atom stereocenters. The molecule has 0 unspecified atom stereocenters. The number of nitrogens with one attached hydrogen (secondary N) is 1. The number of alkyl halides is 3. The molecule has 1 aromatic carbocycles. The number of ether oxygens (including phenoxy) is 1. The largest absolute Gasteiger partial charge is 0.483 e. The SMILES string of the molecule is N=C1N=C(N)c2cccc(OCC(F)(F)F)c21. The van der Waals surface area contributed by atoms with E-state index >= 15 is 0 Å². The monoisotopic (exact) mass is 243 g/mol. The van der Waals surface area contributed by atoms with Gasteiger partial charge in [-0.3, -0.25) is 5.41 Å². The summed E-state index contributed by atoms with van der Waals surface area (Å²) in [6.45, 7) is -1.41. The van der Waals surface area contributed by atoms with Gasteiger partial charge in [0.05, 0.1) is 5.56 Å². The van der Waals surface area contributed by atoms with E-state index in [4.69, 9.17) is 11.1 Å². The van der Waals surface area contributed by atoms with E-state index in [1.54, 1.807) is 6.07 Å². The van der Waals surface area contributed by atoms with E-state index in [2.05, 4.69) is 9.73 Å². The Bertz CT molecular complexity index is 508. The Morgan fingerprint density at radius 1 is 1.35 bits per heavy atom. The Morgan fingerprint density at radius 2 is 2.06 bits per heavy atom. The third-order valence-corrected chi connectivity index (χ3v) is 2.16. The van der Waals surface area contributed by atoms with Crippen molar-refractivity contribution in [3.63, 3.8) is 0 Å². The number of benzene rings is 1. The summed E-state index contributed by atoms with van der Waals surface area (Å²) in [5.41, 5.74) is 6.15. The molecule has 7 heteroatoms. The molecule has 0 fully saturated rings. The summed E-state index contributed by atoms with van der Waals surface area (Å²) < 4.78 is 40.7. The molecule has 1 heterocycles. The summed E-state index contributed by atoms with van der Waals surface area (Å²) in [6, 6.07) is 4.44. The number of fused-ring (bicyclic) bond motifs is 1. The van der Waals surface area contributed by atoms with Crippen LogP contribution in [-0.4, -0.2) is 24.5 Å². The fourth-order valence-corrected chi connectivity index (χ4v) is 1.51. The fourth-order valence-electron chi connectivity index (χ4n) is 1.51. The molecule has 2 rings (SSSR count). The van der Waals surface area contributed by atoms with Crippen LogP contribution in [0.15, 0.2) is 23.2 Å². The predicted octanol–water partition coefficient (Wildman–Crippen LogP) is 1.67. The number of rotatable bonds is 2. The normalized spacial score (nSPS) is 14.5.